The number of halogens is 1. The second kappa shape index (κ2) is 5.24. The monoisotopic (exact) mass is 307 g/mol. The molecule has 1 heterocycles. The van der Waals surface area contributed by atoms with E-state index in [2.05, 4.69) is 4.72 Å². The fraction of sp³-hybridized carbons (Fsp3) is 0.250. The van der Waals surface area contributed by atoms with Gasteiger partial charge in [-0.3, -0.25) is 0 Å². The van der Waals surface area contributed by atoms with Crippen molar-refractivity contribution >= 4 is 10.0 Å². The van der Waals surface area contributed by atoms with Gasteiger partial charge in [0.05, 0.1) is 0 Å². The number of hydrogen-bond donors (Lipinski definition) is 1. The highest BCUT2D eigenvalue weighted by atomic mass is 32.2. The molecule has 3 rings (SSSR count). The van der Waals surface area contributed by atoms with Gasteiger partial charge in [0.2, 0.25) is 10.0 Å². The first-order chi connectivity index (χ1) is 9.44. The van der Waals surface area contributed by atoms with Gasteiger partial charge in [0.25, 0.3) is 0 Å². The molecule has 0 spiro atoms. The number of sulfonamides is 1. The summed E-state index contributed by atoms with van der Waals surface area (Å²) in [6.45, 7) is 2.09. The van der Waals surface area contributed by atoms with Gasteiger partial charge in [-0.1, -0.05) is 49.9 Å². The summed E-state index contributed by atoms with van der Waals surface area (Å²) in [5.41, 5.74) is 1.97. The summed E-state index contributed by atoms with van der Waals surface area (Å²) in [6.07, 6.45) is 0. The fourth-order valence-corrected chi connectivity index (χ4v) is 3.62. The van der Waals surface area contributed by atoms with E-state index in [9.17, 15) is 12.8 Å². The van der Waals surface area contributed by atoms with Crippen molar-refractivity contribution in [2.45, 2.75) is 19.1 Å². The normalized spacial score (nSPS) is 23.0. The van der Waals surface area contributed by atoms with E-state index in [-0.39, 0.29) is 13.2 Å². The number of nitrogens with one attached hydrogen (secondary N) is 1. The van der Waals surface area contributed by atoms with Gasteiger partial charge in [0, 0.05) is 12.1 Å². The highest BCUT2D eigenvalue weighted by molar-refractivity contribution is 7.91. The third-order valence-electron chi connectivity index (χ3n) is 3.87. The maximum Gasteiger partial charge on any atom is 0.222 e. The number of hydrogen-bond acceptors (Lipinski definition) is 2. The van der Waals surface area contributed by atoms with Crippen LogP contribution in [0, 0.1) is 5.82 Å². The van der Waals surface area contributed by atoms with Gasteiger partial charge >= 0.3 is 0 Å². The predicted octanol–water partition coefficient (Wildman–Crippen LogP) is 3.28. The lowest BCUT2D eigenvalue weighted by Gasteiger charge is -2.38. The van der Waals surface area contributed by atoms with E-state index < -0.39 is 14.8 Å². The first kappa shape index (κ1) is 15.7. The van der Waals surface area contributed by atoms with Crippen LogP contribution in [-0.2, 0) is 14.8 Å². The van der Waals surface area contributed by atoms with E-state index in [1.807, 2.05) is 0 Å². The van der Waals surface area contributed by atoms with E-state index in [1.54, 1.807) is 49.4 Å². The highest BCUT2D eigenvalue weighted by Gasteiger charge is 2.49. The fourth-order valence-electron chi connectivity index (χ4n) is 2.36. The second-order valence-corrected chi connectivity index (χ2v) is 7.31. The molecule has 1 unspecified atom stereocenters. The minimum absolute atomic E-state index is 0. The van der Waals surface area contributed by atoms with E-state index in [0.717, 1.165) is 11.1 Å². The average Bonchev–Trinajstić information content (AvgIpc) is 2.46. The maximum atomic E-state index is 13.7. The van der Waals surface area contributed by atoms with Crippen molar-refractivity contribution in [3.05, 3.63) is 59.9 Å². The van der Waals surface area contributed by atoms with E-state index in [0.29, 0.717) is 12.1 Å². The first-order valence-electron chi connectivity index (χ1n) is 6.29. The molecule has 2 aromatic carbocycles. The van der Waals surface area contributed by atoms with Crippen LogP contribution in [0.25, 0.3) is 11.1 Å². The van der Waals surface area contributed by atoms with Gasteiger partial charge in [-0.2, -0.15) is 0 Å². The molecule has 0 bridgehead atoms. The molecule has 0 aromatic heterocycles. The van der Waals surface area contributed by atoms with Crippen molar-refractivity contribution in [2.24, 2.45) is 0 Å². The molecule has 0 amide bonds. The molecule has 1 N–H and O–H groups in total. The average molecular weight is 307 g/mol. The molecule has 5 heteroatoms. The Morgan fingerprint density at radius 3 is 2.19 bits per heavy atom. The van der Waals surface area contributed by atoms with Gasteiger partial charge in [-0.25, -0.2) is 17.5 Å². The maximum absolute atomic E-state index is 13.7. The second-order valence-electron chi connectivity index (χ2n) is 5.11. The zero-order valence-corrected chi connectivity index (χ0v) is 11.7. The Morgan fingerprint density at radius 1 is 1.10 bits per heavy atom. The Kier molecular flexibility index (Phi) is 3.91. The summed E-state index contributed by atoms with van der Waals surface area (Å²) in [6, 6.07) is 13.5. The summed E-state index contributed by atoms with van der Waals surface area (Å²) in [4.78, 5) is 0. The molecule has 1 aliphatic rings. The van der Waals surface area contributed by atoms with Crippen LogP contribution in [0.1, 0.15) is 19.9 Å². The summed E-state index contributed by atoms with van der Waals surface area (Å²) in [5.74, 6) is -0.288. The Bertz CT molecular complexity index is 756. The minimum atomic E-state index is -3.28. The van der Waals surface area contributed by atoms with Crippen molar-refractivity contribution in [1.29, 1.82) is 0 Å². The molecule has 3 nitrogen and oxygen atoms in total. The molecule has 21 heavy (non-hydrogen) atoms. The molecule has 2 aromatic rings. The highest BCUT2D eigenvalue weighted by Crippen LogP contribution is 2.36. The van der Waals surface area contributed by atoms with Crippen LogP contribution in [0.3, 0.4) is 0 Å². The lowest BCUT2D eigenvalue weighted by atomic mass is 9.96. The van der Waals surface area contributed by atoms with Crippen molar-refractivity contribution in [3.8, 4) is 11.1 Å². The summed E-state index contributed by atoms with van der Waals surface area (Å²) in [7, 11) is -3.28. The van der Waals surface area contributed by atoms with Crippen LogP contribution in [-0.4, -0.2) is 15.0 Å². The van der Waals surface area contributed by atoms with Crippen LogP contribution in [0.5, 0.6) is 0 Å². The molecule has 0 aliphatic carbocycles. The zero-order valence-electron chi connectivity index (χ0n) is 10.9. The van der Waals surface area contributed by atoms with E-state index in [4.69, 9.17) is 0 Å². The number of rotatable bonds is 2. The topological polar surface area (TPSA) is 46.2 Å². The molecule has 1 atom stereocenters. The van der Waals surface area contributed by atoms with Crippen LogP contribution < -0.4 is 4.72 Å². The Morgan fingerprint density at radius 2 is 1.71 bits per heavy atom. The molecule has 1 saturated heterocycles. The zero-order chi connectivity index (χ0) is 14.4. The van der Waals surface area contributed by atoms with Crippen LogP contribution in [0.2, 0.25) is 0 Å². The Labute approximate surface area is 124 Å². The quantitative estimate of drug-likeness (QED) is 0.925. The molecule has 112 valence electrons. The van der Waals surface area contributed by atoms with Crippen molar-refractivity contribution < 1.29 is 12.8 Å². The summed E-state index contributed by atoms with van der Waals surface area (Å²) in [5, 5.41) is 0. The molecular weight excluding hydrogens is 289 g/mol. The van der Waals surface area contributed by atoms with Crippen LogP contribution in [0.15, 0.2) is 48.5 Å². The SMILES string of the molecule is C.CC1(c2ccc(-c3ccccc3F)cc2)CNS1(=O)=O. The van der Waals surface area contributed by atoms with Crippen molar-refractivity contribution in [1.82, 2.24) is 4.72 Å². The summed E-state index contributed by atoms with van der Waals surface area (Å²) >= 11 is 0. The standard InChI is InChI=1S/C15H14FNO2S.CH4/c1-15(10-17-20(15,18)19)12-8-6-11(7-9-12)13-4-2-3-5-14(13)16;/h2-9,17H,10H2,1H3;1H4. The smallest absolute Gasteiger partial charge is 0.212 e. The first-order valence-corrected chi connectivity index (χ1v) is 7.77. The third-order valence-corrected chi connectivity index (χ3v) is 5.96. The molecule has 0 radical (unpaired) electrons. The van der Waals surface area contributed by atoms with Gasteiger partial charge in [0.1, 0.15) is 10.6 Å². The van der Waals surface area contributed by atoms with Gasteiger partial charge in [-0.15, -0.1) is 0 Å². The van der Waals surface area contributed by atoms with Crippen LogP contribution in [0.4, 0.5) is 4.39 Å². The summed E-state index contributed by atoms with van der Waals surface area (Å²) < 4.78 is 38.8. The Balaban J connectivity index is 0.00000161. The van der Waals surface area contributed by atoms with E-state index >= 15 is 0 Å². The molecule has 1 fully saturated rings. The minimum Gasteiger partial charge on any atom is -0.212 e. The largest absolute Gasteiger partial charge is 0.222 e. The van der Waals surface area contributed by atoms with Crippen LogP contribution >= 0.6 is 0 Å². The third kappa shape index (κ3) is 2.36. The lowest BCUT2D eigenvalue weighted by molar-refractivity contribution is 0.470. The molecular formula is C16H18FNO2S. The van der Waals surface area contributed by atoms with Crippen molar-refractivity contribution in [2.75, 3.05) is 6.54 Å². The van der Waals surface area contributed by atoms with Gasteiger partial charge in [0.15, 0.2) is 0 Å². The van der Waals surface area contributed by atoms with E-state index in [1.165, 1.54) is 6.07 Å². The Hall–Kier alpha value is -1.72. The van der Waals surface area contributed by atoms with Gasteiger partial charge < -0.3 is 0 Å². The number of benzene rings is 2. The molecule has 0 saturated carbocycles. The predicted molar refractivity (Wildman–Crippen MR) is 82.8 cm³/mol. The molecule has 1 aliphatic heterocycles. The lowest BCUT2D eigenvalue weighted by Crippen LogP contribution is -2.59. The van der Waals surface area contributed by atoms with Crippen molar-refractivity contribution in [3.63, 3.8) is 0 Å². The van der Waals surface area contributed by atoms with Gasteiger partial charge in [-0.05, 0) is 24.1 Å².